The molecule has 3 N–H and O–H groups in total. The lowest BCUT2D eigenvalue weighted by atomic mass is 9.95. The van der Waals surface area contributed by atoms with Gasteiger partial charge < -0.3 is 20.4 Å². The summed E-state index contributed by atoms with van der Waals surface area (Å²) in [6.07, 6.45) is 1.89. The summed E-state index contributed by atoms with van der Waals surface area (Å²) in [5.74, 6) is -2.02. The smallest absolute Gasteiger partial charge is 0.322 e. The molecule has 0 aliphatic carbocycles. The van der Waals surface area contributed by atoms with E-state index in [-0.39, 0.29) is 41.3 Å². The molecule has 6 rings (SSSR count). The van der Waals surface area contributed by atoms with E-state index in [2.05, 4.69) is 31.8 Å². The number of carbonyl (C=O) groups is 1. The molecule has 0 atom stereocenters. The summed E-state index contributed by atoms with van der Waals surface area (Å²) in [5.41, 5.74) is 10.6. The van der Waals surface area contributed by atoms with Gasteiger partial charge in [0.1, 0.15) is 5.82 Å². The number of benzene rings is 2. The van der Waals surface area contributed by atoms with Crippen molar-refractivity contribution in [3.05, 3.63) is 102 Å². The molecule has 9 nitrogen and oxygen atoms in total. The second kappa shape index (κ2) is 12.7. The molecule has 0 aliphatic heterocycles. The molecule has 0 bridgehead atoms. The molecule has 0 unspecified atom stereocenters. The fourth-order valence-corrected chi connectivity index (χ4v) is 6.55. The van der Waals surface area contributed by atoms with Crippen molar-refractivity contribution in [2.24, 2.45) is 6.98 Å². The molecule has 6 aromatic rings. The van der Waals surface area contributed by atoms with Crippen LogP contribution in [-0.2, 0) is 18.3 Å². The van der Waals surface area contributed by atoms with Crippen LogP contribution in [0, 0.1) is 19.7 Å². The highest BCUT2D eigenvalue weighted by molar-refractivity contribution is 7.23. The van der Waals surface area contributed by atoms with Gasteiger partial charge in [0.25, 0.3) is 6.43 Å². The number of nitrogen functional groups attached to an aromatic ring is 1. The van der Waals surface area contributed by atoms with Crippen LogP contribution in [0.15, 0.2) is 73.7 Å². The predicted molar refractivity (Wildman–Crippen MR) is 176 cm³/mol. The van der Waals surface area contributed by atoms with Crippen molar-refractivity contribution in [1.29, 1.82) is 0 Å². The monoisotopic (exact) mass is 658 g/mol. The van der Waals surface area contributed by atoms with Crippen molar-refractivity contribution >= 4 is 33.1 Å². The fourth-order valence-electron chi connectivity index (χ4n) is 5.11. The molecule has 1 amide bonds. The van der Waals surface area contributed by atoms with Crippen LogP contribution >= 0.6 is 11.3 Å². The van der Waals surface area contributed by atoms with Gasteiger partial charge in [0.2, 0.25) is 5.91 Å². The molecule has 47 heavy (non-hydrogen) atoms. The highest BCUT2D eigenvalue weighted by Gasteiger charge is 2.25. The lowest BCUT2D eigenvalue weighted by molar-refractivity contribution is -0.116. The number of halogens is 3. The Morgan fingerprint density at radius 3 is 2.68 bits per heavy atom. The van der Waals surface area contributed by atoms with Crippen LogP contribution in [0.25, 0.3) is 42.9 Å². The van der Waals surface area contributed by atoms with E-state index in [9.17, 15) is 13.6 Å². The first kappa shape index (κ1) is 27.7. The minimum absolute atomic E-state index is 0.0314. The van der Waals surface area contributed by atoms with Crippen molar-refractivity contribution < 1.29 is 26.8 Å². The van der Waals surface area contributed by atoms with Gasteiger partial charge in [0, 0.05) is 63.3 Å². The number of thiophene rings is 1. The summed E-state index contributed by atoms with van der Waals surface area (Å²) in [4.78, 5) is 28.9. The number of hydrogen-bond donors (Lipinski definition) is 2. The third-order valence-corrected chi connectivity index (χ3v) is 8.58. The molecule has 0 fully saturated rings. The van der Waals surface area contributed by atoms with Crippen LogP contribution < -0.4 is 15.8 Å². The number of ether oxygens (including phenoxy) is 1. The first-order valence-corrected chi connectivity index (χ1v) is 14.9. The van der Waals surface area contributed by atoms with Gasteiger partial charge in [-0.25, -0.2) is 33.1 Å². The molecule has 13 heteroatoms. The Kier molecular flexibility index (Phi) is 7.48. The van der Waals surface area contributed by atoms with Crippen LogP contribution in [0.2, 0.25) is 0 Å². The second-order valence-corrected chi connectivity index (χ2v) is 11.5. The Labute approximate surface area is 275 Å². The minimum Gasteiger partial charge on any atom is -0.421 e. The van der Waals surface area contributed by atoms with Gasteiger partial charge in [0.15, 0.2) is 17.4 Å². The third kappa shape index (κ3) is 6.17. The van der Waals surface area contributed by atoms with Gasteiger partial charge >= 0.3 is 6.01 Å². The van der Waals surface area contributed by atoms with Gasteiger partial charge in [-0.1, -0.05) is 30.8 Å². The fraction of sp³-hybridized carbons (Fsp3) is 0.147. The molecule has 2 aromatic carbocycles. The third-order valence-electron chi connectivity index (χ3n) is 7.33. The lowest BCUT2D eigenvalue weighted by Gasteiger charge is -2.12. The number of amides is 1. The zero-order valence-corrected chi connectivity index (χ0v) is 25.8. The quantitative estimate of drug-likeness (QED) is 0.153. The Balaban J connectivity index is 1.56. The number of nitrogens with two attached hydrogens (primary N) is 1. The van der Waals surface area contributed by atoms with Gasteiger partial charge in [-0.3, -0.25) is 4.79 Å². The summed E-state index contributed by atoms with van der Waals surface area (Å²) in [7, 11) is 0. The zero-order valence-electron chi connectivity index (χ0n) is 28.0. The lowest BCUT2D eigenvalue weighted by Crippen LogP contribution is -2.19. The minimum atomic E-state index is -3.16. The number of aryl methyl sites for hydroxylation is 3. The number of carbonyl (C=O) groups excluding carboxylic acids is 1. The van der Waals surface area contributed by atoms with E-state index in [4.69, 9.17) is 14.6 Å². The van der Waals surface area contributed by atoms with Crippen LogP contribution in [0.5, 0.6) is 11.8 Å². The Hall–Kier alpha value is -5.56. The summed E-state index contributed by atoms with van der Waals surface area (Å²) in [6, 6.07) is 11.6. The van der Waals surface area contributed by atoms with Crippen LogP contribution in [0.3, 0.4) is 0 Å². The molecule has 0 radical (unpaired) electrons. The second-order valence-electron chi connectivity index (χ2n) is 10.5. The zero-order chi connectivity index (χ0) is 35.9. The summed E-state index contributed by atoms with van der Waals surface area (Å²) in [6.45, 7) is 4.42. The number of aromatic nitrogens is 5. The highest BCUT2D eigenvalue weighted by Crippen LogP contribution is 2.50. The molecule has 4 heterocycles. The molecular formula is C34H28F3N7O2S. The Morgan fingerprint density at radius 1 is 1.17 bits per heavy atom. The van der Waals surface area contributed by atoms with E-state index >= 15 is 4.39 Å². The van der Waals surface area contributed by atoms with E-state index in [0.717, 1.165) is 22.9 Å². The molecule has 0 aliphatic rings. The number of anilines is 1. The van der Waals surface area contributed by atoms with Crippen LogP contribution in [-0.4, -0.2) is 30.4 Å². The van der Waals surface area contributed by atoms with E-state index < -0.39 is 25.0 Å². The molecule has 0 spiro atoms. The van der Waals surface area contributed by atoms with Gasteiger partial charge in [-0.05, 0) is 60.4 Å². The van der Waals surface area contributed by atoms with E-state index in [1.807, 2.05) is 25.1 Å². The predicted octanol–water partition coefficient (Wildman–Crippen LogP) is 7.69. The summed E-state index contributed by atoms with van der Waals surface area (Å²) < 4.78 is 73.5. The van der Waals surface area contributed by atoms with Crippen molar-refractivity contribution in [2.45, 2.75) is 26.8 Å². The average Bonchev–Trinajstić information content (AvgIpc) is 3.69. The SMILES string of the molecule is [2H]C([2H])([2H])n1cc(-c2cnc(N)c3c(-c4ccc(Oc5nccc(C)n5)c(F)c4)c(-c4ccc(CNC(=O)C=C)cc4C)sc23)nc1C(F)F. The summed E-state index contributed by atoms with van der Waals surface area (Å²) >= 11 is 1.24. The first-order chi connectivity index (χ1) is 23.7. The van der Waals surface area contributed by atoms with Gasteiger partial charge in [0.05, 0.1) is 10.4 Å². The van der Waals surface area contributed by atoms with Gasteiger partial charge in [-0.15, -0.1) is 11.3 Å². The van der Waals surface area contributed by atoms with Gasteiger partial charge in [-0.2, -0.15) is 0 Å². The van der Waals surface area contributed by atoms with Crippen LogP contribution in [0.4, 0.5) is 19.0 Å². The van der Waals surface area contributed by atoms with Crippen molar-refractivity contribution in [3.8, 4) is 44.6 Å². The van der Waals surface area contributed by atoms with Crippen LogP contribution in [0.1, 0.15) is 33.2 Å². The summed E-state index contributed by atoms with van der Waals surface area (Å²) in [5, 5.41) is 3.13. The topological polar surface area (TPSA) is 121 Å². The Bertz CT molecular complexity index is 2290. The number of imidazole rings is 1. The highest BCUT2D eigenvalue weighted by atomic mass is 32.1. The normalized spacial score (nSPS) is 12.5. The number of rotatable bonds is 9. The number of hydrogen-bond acceptors (Lipinski definition) is 8. The first-order valence-electron chi connectivity index (χ1n) is 15.6. The number of alkyl halides is 2. The maximum Gasteiger partial charge on any atom is 0.322 e. The van der Waals surface area contributed by atoms with Crippen molar-refractivity contribution in [1.82, 2.24) is 29.8 Å². The van der Waals surface area contributed by atoms with E-state index in [1.165, 1.54) is 41.9 Å². The molecule has 4 aromatic heterocycles. The number of nitrogens with one attached hydrogen (secondary N) is 1. The number of pyridine rings is 1. The molecular weight excluding hydrogens is 627 g/mol. The molecule has 238 valence electrons. The maximum atomic E-state index is 15.8. The van der Waals surface area contributed by atoms with E-state index in [0.29, 0.717) is 36.4 Å². The van der Waals surface area contributed by atoms with E-state index in [1.54, 1.807) is 19.1 Å². The standard InChI is InChI=1S/C34H28F3N7O2S/c1-5-26(45)40-14-19-6-8-21(17(2)12-19)29-27(20-7-9-25(23(35)13-20)46-34-39-11-10-18(3)42-34)28-30(47-29)22(15-41-32(28)38)24-16-44(4)33(43-24)31(36)37/h5-13,15-16,31H,1,14H2,2-4H3,(H2,38,41)(H,40,45)/i4D3. The number of fused-ring (bicyclic) bond motifs is 1. The molecule has 0 saturated carbocycles. The molecule has 0 saturated heterocycles. The largest absolute Gasteiger partial charge is 0.421 e. The Morgan fingerprint density at radius 2 is 2.00 bits per heavy atom. The number of nitrogens with zero attached hydrogens (tertiary/aromatic N) is 5. The van der Waals surface area contributed by atoms with Crippen molar-refractivity contribution in [2.75, 3.05) is 5.73 Å². The average molecular weight is 659 g/mol. The maximum absolute atomic E-state index is 15.8. The van der Waals surface area contributed by atoms with Crippen molar-refractivity contribution in [3.63, 3.8) is 0 Å².